The van der Waals surface area contributed by atoms with Crippen LogP contribution in [0.1, 0.15) is 56.5 Å². The van der Waals surface area contributed by atoms with Crippen LogP contribution in [-0.2, 0) is 21.6 Å². The maximum absolute atomic E-state index is 12.4. The molecule has 1 unspecified atom stereocenters. The molecule has 4 aromatic rings. The molecule has 0 bridgehead atoms. The molecule has 1 aromatic heterocycles. The minimum absolute atomic E-state index is 0.0535. The molecule has 0 saturated carbocycles. The smallest absolute Gasteiger partial charge is 0.407 e. The maximum atomic E-state index is 12.4. The third-order valence-corrected chi connectivity index (χ3v) is 8.96. The Balaban J connectivity index is 1.48. The number of alkyl carbamates (subject to hydrolysis) is 1. The number of rotatable bonds is 9. The number of nitrogens with one attached hydrogen (secondary N) is 1. The number of benzene rings is 3. The Labute approximate surface area is 270 Å². The first kappa shape index (κ1) is 32.3. The first-order valence-corrected chi connectivity index (χ1v) is 16.3. The van der Waals surface area contributed by atoms with Gasteiger partial charge in [0.05, 0.1) is 17.8 Å². The van der Waals surface area contributed by atoms with Gasteiger partial charge in [-0.25, -0.2) is 4.79 Å². The molecule has 0 radical (unpaired) electrons. The van der Waals surface area contributed by atoms with Gasteiger partial charge in [0.15, 0.2) is 5.12 Å². The fraction of sp³-hybridized carbons (Fsp3) is 0.324. The number of aromatic nitrogens is 2. The van der Waals surface area contributed by atoms with Crippen LogP contribution < -0.4 is 5.32 Å². The summed E-state index contributed by atoms with van der Waals surface area (Å²) in [7, 11) is 0. The van der Waals surface area contributed by atoms with Crippen LogP contribution in [0.15, 0.2) is 109 Å². The lowest BCUT2D eigenvalue weighted by Crippen LogP contribution is -2.52. The van der Waals surface area contributed by atoms with Gasteiger partial charge in [-0.1, -0.05) is 103 Å². The van der Waals surface area contributed by atoms with Crippen molar-refractivity contribution in [2.75, 3.05) is 19.6 Å². The standard InChI is InChI=1S/C37H42N4O3S/c1-28(42)45-34-21-23-40(27-29(34)26-33-20-24-41(39-33)25-22-38-35(43)44-36(2,3)4)37(30-14-8-5-9-15-30,31-16-10-6-11-17-31)32-18-12-7-13-19-32/h5-20,24,26,34H,21-23,25,27H2,1-4H3,(H,38,43). The van der Waals surface area contributed by atoms with Gasteiger partial charge < -0.3 is 10.1 Å². The molecule has 3 aromatic carbocycles. The topological polar surface area (TPSA) is 76.5 Å². The SMILES string of the molecule is CC(=O)SC1CCN(C(c2ccccc2)(c2ccccc2)c2ccccc2)CC1=Cc1ccn(CCNC(=O)OC(C)(C)C)n1. The number of likely N-dealkylation sites (tertiary alicyclic amines) is 1. The Morgan fingerprint density at radius 1 is 0.911 bits per heavy atom. The summed E-state index contributed by atoms with van der Waals surface area (Å²) in [6, 6.07) is 34.1. The molecule has 234 valence electrons. The Kier molecular flexibility index (Phi) is 10.3. The highest BCUT2D eigenvalue weighted by molar-refractivity contribution is 8.14. The van der Waals surface area contributed by atoms with E-state index in [1.165, 1.54) is 28.5 Å². The number of thioether (sulfide) groups is 1. The van der Waals surface area contributed by atoms with Crippen molar-refractivity contribution in [1.82, 2.24) is 20.0 Å². The largest absolute Gasteiger partial charge is 0.444 e. The van der Waals surface area contributed by atoms with Crippen LogP contribution in [0.5, 0.6) is 0 Å². The van der Waals surface area contributed by atoms with Gasteiger partial charge in [0.25, 0.3) is 0 Å². The van der Waals surface area contributed by atoms with E-state index in [-0.39, 0.29) is 10.4 Å². The lowest BCUT2D eigenvalue weighted by Gasteiger charge is -2.49. The molecule has 1 aliphatic heterocycles. The van der Waals surface area contributed by atoms with Crippen LogP contribution in [0.2, 0.25) is 0 Å². The van der Waals surface area contributed by atoms with Gasteiger partial charge in [-0.05, 0) is 61.6 Å². The predicted molar refractivity (Wildman–Crippen MR) is 182 cm³/mol. The van der Waals surface area contributed by atoms with Crippen LogP contribution in [0.4, 0.5) is 4.79 Å². The van der Waals surface area contributed by atoms with Crippen molar-refractivity contribution in [3.8, 4) is 0 Å². The molecule has 0 spiro atoms. The zero-order valence-electron chi connectivity index (χ0n) is 26.5. The van der Waals surface area contributed by atoms with Crippen molar-refractivity contribution < 1.29 is 14.3 Å². The second kappa shape index (κ2) is 14.3. The second-order valence-corrected chi connectivity index (χ2v) is 13.6. The van der Waals surface area contributed by atoms with Crippen molar-refractivity contribution in [1.29, 1.82) is 0 Å². The van der Waals surface area contributed by atoms with Gasteiger partial charge in [0.1, 0.15) is 5.60 Å². The highest BCUT2D eigenvalue weighted by Gasteiger charge is 2.44. The molecule has 5 rings (SSSR count). The maximum Gasteiger partial charge on any atom is 0.407 e. The minimum atomic E-state index is -0.545. The average molecular weight is 623 g/mol. The molecule has 1 fully saturated rings. The average Bonchev–Trinajstić information content (AvgIpc) is 3.46. The molecule has 1 saturated heterocycles. The highest BCUT2D eigenvalue weighted by Crippen LogP contribution is 2.45. The van der Waals surface area contributed by atoms with Gasteiger partial charge in [-0.15, -0.1) is 0 Å². The number of piperidine rings is 1. The molecular weight excluding hydrogens is 580 g/mol. The van der Waals surface area contributed by atoms with Gasteiger partial charge >= 0.3 is 6.09 Å². The molecule has 0 aliphatic carbocycles. The van der Waals surface area contributed by atoms with Crippen molar-refractivity contribution >= 4 is 29.0 Å². The van der Waals surface area contributed by atoms with E-state index in [4.69, 9.17) is 9.84 Å². The molecule has 1 aliphatic rings. The monoisotopic (exact) mass is 622 g/mol. The van der Waals surface area contributed by atoms with E-state index in [1.54, 1.807) is 6.92 Å². The lowest BCUT2D eigenvalue weighted by molar-refractivity contribution is -0.109. The summed E-state index contributed by atoms with van der Waals surface area (Å²) >= 11 is 1.40. The summed E-state index contributed by atoms with van der Waals surface area (Å²) in [6.45, 7) is 9.55. The van der Waals surface area contributed by atoms with E-state index < -0.39 is 17.2 Å². The molecule has 1 N–H and O–H groups in total. The Morgan fingerprint density at radius 2 is 1.47 bits per heavy atom. The normalized spacial score (nSPS) is 16.8. The van der Waals surface area contributed by atoms with Crippen LogP contribution >= 0.6 is 11.8 Å². The highest BCUT2D eigenvalue weighted by atomic mass is 32.2. The van der Waals surface area contributed by atoms with Crippen molar-refractivity contribution in [2.45, 2.75) is 57.1 Å². The number of nitrogens with zero attached hydrogens (tertiary/aromatic N) is 3. The van der Waals surface area contributed by atoms with E-state index >= 15 is 0 Å². The van der Waals surface area contributed by atoms with Gasteiger partial charge in [-0.2, -0.15) is 5.10 Å². The first-order valence-electron chi connectivity index (χ1n) is 15.4. The summed E-state index contributed by atoms with van der Waals surface area (Å²) in [5, 5.41) is 7.74. The summed E-state index contributed by atoms with van der Waals surface area (Å²) in [5.41, 5.74) is 4.48. The van der Waals surface area contributed by atoms with Crippen molar-refractivity contribution in [3.05, 3.63) is 131 Å². The van der Waals surface area contributed by atoms with Crippen LogP contribution in [0.3, 0.4) is 0 Å². The van der Waals surface area contributed by atoms with Crippen LogP contribution in [0.25, 0.3) is 6.08 Å². The van der Waals surface area contributed by atoms with Crippen LogP contribution in [0, 0.1) is 0 Å². The molecule has 2 heterocycles. The zero-order valence-corrected chi connectivity index (χ0v) is 27.3. The van der Waals surface area contributed by atoms with Gasteiger partial charge in [-0.3, -0.25) is 14.4 Å². The fourth-order valence-electron chi connectivity index (χ4n) is 6.06. The summed E-state index contributed by atoms with van der Waals surface area (Å²) < 4.78 is 7.15. The molecule has 1 amide bonds. The Hall–Kier alpha value is -4.14. The van der Waals surface area contributed by atoms with E-state index in [2.05, 4.69) is 107 Å². The number of carbonyl (C=O) groups is 2. The summed E-state index contributed by atoms with van der Waals surface area (Å²) in [6.07, 6.45) is 4.43. The number of amides is 1. The third kappa shape index (κ3) is 7.93. The van der Waals surface area contributed by atoms with Crippen molar-refractivity contribution in [2.24, 2.45) is 0 Å². The minimum Gasteiger partial charge on any atom is -0.444 e. The Morgan fingerprint density at radius 3 is 1.98 bits per heavy atom. The predicted octanol–water partition coefficient (Wildman–Crippen LogP) is 7.14. The number of carbonyl (C=O) groups excluding carboxylic acids is 2. The summed E-state index contributed by atoms with van der Waals surface area (Å²) in [5.74, 6) is 0. The molecule has 7 nitrogen and oxygen atoms in total. The fourth-order valence-corrected chi connectivity index (χ4v) is 6.98. The second-order valence-electron chi connectivity index (χ2n) is 12.3. The van der Waals surface area contributed by atoms with Gasteiger partial charge in [0, 0.05) is 38.0 Å². The molecular formula is C37H42N4O3S. The third-order valence-electron chi connectivity index (χ3n) is 7.81. The quantitative estimate of drug-likeness (QED) is 0.200. The molecule has 1 atom stereocenters. The van der Waals surface area contributed by atoms with E-state index in [9.17, 15) is 9.59 Å². The van der Waals surface area contributed by atoms with E-state index in [0.29, 0.717) is 19.6 Å². The van der Waals surface area contributed by atoms with E-state index in [1.807, 2.05) is 37.7 Å². The zero-order chi connectivity index (χ0) is 31.9. The molecule has 8 heteroatoms. The molecule has 45 heavy (non-hydrogen) atoms. The number of hydrogen-bond acceptors (Lipinski definition) is 6. The number of ether oxygens (including phenoxy) is 1. The number of hydrogen-bond donors (Lipinski definition) is 1. The first-order chi connectivity index (χ1) is 21.6. The van der Waals surface area contributed by atoms with Crippen LogP contribution in [-0.4, -0.2) is 56.4 Å². The van der Waals surface area contributed by atoms with Crippen molar-refractivity contribution in [3.63, 3.8) is 0 Å². The lowest BCUT2D eigenvalue weighted by atomic mass is 9.74. The van der Waals surface area contributed by atoms with Gasteiger partial charge in [0.2, 0.25) is 0 Å². The summed E-state index contributed by atoms with van der Waals surface area (Å²) in [4.78, 5) is 27.0. The Bertz CT molecular complexity index is 1500. The van der Waals surface area contributed by atoms with E-state index in [0.717, 1.165) is 24.2 Å².